The summed E-state index contributed by atoms with van der Waals surface area (Å²) in [6, 6.07) is 6.58. The number of rotatable bonds is 9. The maximum absolute atomic E-state index is 11.0. The number of fused-ring (bicyclic) bond motifs is 1. The molecule has 34 heavy (non-hydrogen) atoms. The fourth-order valence-corrected chi connectivity index (χ4v) is 4.02. The molecule has 0 amide bonds. The van der Waals surface area contributed by atoms with Gasteiger partial charge in [-0.3, -0.25) is 0 Å². The molecule has 2 aromatic carbocycles. The molecule has 0 saturated heterocycles. The zero-order chi connectivity index (χ0) is 25.0. The van der Waals surface area contributed by atoms with E-state index in [0.717, 1.165) is 52.7 Å². The molecule has 180 valence electrons. The van der Waals surface area contributed by atoms with E-state index < -0.39 is 23.1 Å². The number of benzene rings is 2. The topological polar surface area (TPSA) is 102 Å². The quantitative estimate of drug-likeness (QED) is 0.235. The lowest BCUT2D eigenvalue weighted by Crippen LogP contribution is -2.42. The van der Waals surface area contributed by atoms with Gasteiger partial charge in [-0.05, 0) is 81.0 Å². The Morgan fingerprint density at radius 1 is 1.06 bits per heavy atom. The summed E-state index contributed by atoms with van der Waals surface area (Å²) in [6.45, 7) is 12.6. The van der Waals surface area contributed by atoms with Gasteiger partial charge in [-0.15, -0.1) is 0 Å². The Labute approximate surface area is 199 Å². The smallest absolute Gasteiger partial charge is 0.343 e. The average molecular weight is 467 g/mol. The molecule has 0 radical (unpaired) electrons. The number of aliphatic carboxylic acids is 2. The molecule has 0 saturated carbocycles. The van der Waals surface area contributed by atoms with Gasteiger partial charge in [-0.25, -0.2) is 9.59 Å². The van der Waals surface area contributed by atoms with E-state index in [4.69, 9.17) is 24.4 Å². The van der Waals surface area contributed by atoms with Gasteiger partial charge in [0.05, 0.1) is 0 Å². The second-order valence-corrected chi connectivity index (χ2v) is 8.69. The van der Waals surface area contributed by atoms with Crippen LogP contribution < -0.4 is 14.2 Å². The molecule has 0 spiro atoms. The third-order valence-corrected chi connectivity index (χ3v) is 6.10. The van der Waals surface area contributed by atoms with E-state index in [-0.39, 0.29) is 0 Å². The van der Waals surface area contributed by atoms with Gasteiger partial charge >= 0.3 is 11.9 Å². The van der Waals surface area contributed by atoms with E-state index in [1.54, 1.807) is 30.3 Å². The minimum absolute atomic E-state index is 0.323. The molecule has 0 aromatic heterocycles. The van der Waals surface area contributed by atoms with Crippen LogP contribution in [0.5, 0.6) is 17.2 Å². The summed E-state index contributed by atoms with van der Waals surface area (Å²) in [6.07, 6.45) is 4.45. The largest absolute Gasteiger partial charge is 0.489 e. The first-order chi connectivity index (χ1) is 16.1. The first-order valence-corrected chi connectivity index (χ1v) is 11.0. The third-order valence-electron chi connectivity index (χ3n) is 6.10. The molecular formula is C27H30O7. The van der Waals surface area contributed by atoms with Crippen molar-refractivity contribution < 1.29 is 34.0 Å². The number of carboxylic acids is 2. The minimum atomic E-state index is -1.49. The van der Waals surface area contributed by atoms with Crippen LogP contribution >= 0.6 is 0 Å². The molecule has 1 atom stereocenters. The summed E-state index contributed by atoms with van der Waals surface area (Å²) in [5.41, 5.74) is 3.57. The van der Waals surface area contributed by atoms with E-state index in [1.165, 1.54) is 0 Å². The highest BCUT2D eigenvalue weighted by molar-refractivity contribution is 6.16. The van der Waals surface area contributed by atoms with Crippen molar-refractivity contribution in [1.29, 1.82) is 0 Å². The van der Waals surface area contributed by atoms with Gasteiger partial charge in [0.15, 0.2) is 0 Å². The monoisotopic (exact) mass is 466 g/mol. The van der Waals surface area contributed by atoms with Crippen LogP contribution in [-0.2, 0) is 16.0 Å². The summed E-state index contributed by atoms with van der Waals surface area (Å²) in [5, 5.41) is 18.0. The van der Waals surface area contributed by atoms with Crippen molar-refractivity contribution in [3.63, 3.8) is 0 Å². The molecule has 7 heteroatoms. The van der Waals surface area contributed by atoms with E-state index in [0.29, 0.717) is 24.5 Å². The van der Waals surface area contributed by atoms with Gasteiger partial charge in [0.2, 0.25) is 0 Å². The molecule has 1 aliphatic rings. The van der Waals surface area contributed by atoms with E-state index in [1.807, 2.05) is 20.8 Å². The van der Waals surface area contributed by atoms with Crippen molar-refractivity contribution in [2.24, 2.45) is 0 Å². The Morgan fingerprint density at radius 2 is 1.71 bits per heavy atom. The summed E-state index contributed by atoms with van der Waals surface area (Å²) in [5.74, 6) is -0.625. The Kier molecular flexibility index (Phi) is 7.35. The maximum Gasteiger partial charge on any atom is 0.343 e. The second kappa shape index (κ2) is 10.0. The standard InChI is InChI=1S/C27H30O7/c1-6-13-32-23-16(2)17(3)24-21(18(23)4)11-12-27(5,34-24)15-33-20-9-7-19(8-10-20)14-22(25(28)29)26(30)31/h6-10,14H,1,11-13,15H2,2-5H3,(H,28,29)(H,30,31). The van der Waals surface area contributed by atoms with Gasteiger partial charge in [-0.2, -0.15) is 0 Å². The predicted molar refractivity (Wildman–Crippen MR) is 129 cm³/mol. The van der Waals surface area contributed by atoms with Crippen LogP contribution in [-0.4, -0.2) is 41.0 Å². The Balaban J connectivity index is 1.74. The molecule has 1 aliphatic heterocycles. The van der Waals surface area contributed by atoms with Crippen LogP contribution in [0.2, 0.25) is 0 Å². The predicted octanol–water partition coefficient (Wildman–Crippen LogP) is 4.89. The van der Waals surface area contributed by atoms with Crippen molar-refractivity contribution in [1.82, 2.24) is 0 Å². The zero-order valence-corrected chi connectivity index (χ0v) is 19.9. The van der Waals surface area contributed by atoms with Gasteiger partial charge in [-0.1, -0.05) is 24.8 Å². The second-order valence-electron chi connectivity index (χ2n) is 8.69. The van der Waals surface area contributed by atoms with Crippen LogP contribution in [0, 0.1) is 20.8 Å². The van der Waals surface area contributed by atoms with Gasteiger partial charge in [0.25, 0.3) is 0 Å². The molecule has 3 rings (SSSR count). The molecule has 1 heterocycles. The summed E-state index contributed by atoms with van der Waals surface area (Å²) >= 11 is 0. The van der Waals surface area contributed by atoms with E-state index in [2.05, 4.69) is 13.5 Å². The highest BCUT2D eigenvalue weighted by atomic mass is 16.5. The summed E-state index contributed by atoms with van der Waals surface area (Å²) < 4.78 is 18.4. The normalized spacial score (nSPS) is 16.6. The minimum Gasteiger partial charge on any atom is -0.489 e. The highest BCUT2D eigenvalue weighted by Crippen LogP contribution is 2.43. The number of ether oxygens (including phenoxy) is 3. The van der Waals surface area contributed by atoms with Crippen LogP contribution in [0.3, 0.4) is 0 Å². The molecule has 7 nitrogen and oxygen atoms in total. The fraction of sp³-hybridized carbons (Fsp3) is 0.333. The number of carbonyl (C=O) groups is 2. The van der Waals surface area contributed by atoms with Crippen molar-refractivity contribution in [3.8, 4) is 17.2 Å². The SMILES string of the molecule is C=CCOc1c(C)c(C)c2c(c1C)CCC(C)(COc1ccc(C=C(C(=O)O)C(=O)O)cc1)O2. The zero-order valence-electron chi connectivity index (χ0n) is 19.9. The number of hydrogen-bond donors (Lipinski definition) is 2. The molecule has 0 fully saturated rings. The van der Waals surface area contributed by atoms with E-state index >= 15 is 0 Å². The Hall–Kier alpha value is -3.74. The highest BCUT2D eigenvalue weighted by Gasteiger charge is 2.35. The van der Waals surface area contributed by atoms with Crippen LogP contribution in [0.4, 0.5) is 0 Å². The lowest BCUT2D eigenvalue weighted by molar-refractivity contribution is -0.140. The molecular weight excluding hydrogens is 436 g/mol. The van der Waals surface area contributed by atoms with Crippen molar-refractivity contribution >= 4 is 18.0 Å². The van der Waals surface area contributed by atoms with Crippen molar-refractivity contribution in [2.75, 3.05) is 13.2 Å². The van der Waals surface area contributed by atoms with Crippen LogP contribution in [0.25, 0.3) is 6.08 Å². The molecule has 0 aliphatic carbocycles. The van der Waals surface area contributed by atoms with Crippen molar-refractivity contribution in [3.05, 3.63) is 70.3 Å². The number of carboxylic acid groups (broad SMARTS) is 2. The summed E-state index contributed by atoms with van der Waals surface area (Å²) in [7, 11) is 0. The molecule has 1 unspecified atom stereocenters. The molecule has 0 bridgehead atoms. The van der Waals surface area contributed by atoms with Crippen LogP contribution in [0.15, 0.2) is 42.5 Å². The maximum atomic E-state index is 11.0. The van der Waals surface area contributed by atoms with Gasteiger partial charge < -0.3 is 24.4 Å². The fourth-order valence-electron chi connectivity index (χ4n) is 4.02. The van der Waals surface area contributed by atoms with Crippen LogP contribution in [0.1, 0.15) is 41.2 Å². The van der Waals surface area contributed by atoms with Gasteiger partial charge in [0, 0.05) is 5.56 Å². The Morgan fingerprint density at radius 3 is 2.29 bits per heavy atom. The number of hydrogen-bond acceptors (Lipinski definition) is 5. The lowest BCUT2D eigenvalue weighted by Gasteiger charge is -2.38. The van der Waals surface area contributed by atoms with Crippen molar-refractivity contribution in [2.45, 2.75) is 46.1 Å². The average Bonchev–Trinajstić information content (AvgIpc) is 2.80. The van der Waals surface area contributed by atoms with Gasteiger partial charge in [0.1, 0.15) is 41.6 Å². The molecule has 2 N–H and O–H groups in total. The third kappa shape index (κ3) is 5.25. The lowest BCUT2D eigenvalue weighted by atomic mass is 9.87. The first kappa shape index (κ1) is 24.9. The summed E-state index contributed by atoms with van der Waals surface area (Å²) in [4.78, 5) is 22.1. The van der Waals surface area contributed by atoms with E-state index in [9.17, 15) is 9.59 Å². The first-order valence-electron chi connectivity index (χ1n) is 11.0. The Bertz CT molecular complexity index is 1130. The molecule has 2 aromatic rings.